The number of aromatic nitrogens is 3. The molecule has 2 aliphatic heterocycles. The molecule has 1 aromatic heterocycles. The lowest BCUT2D eigenvalue weighted by Gasteiger charge is -2.37. The lowest BCUT2D eigenvalue weighted by Crippen LogP contribution is -2.52. The van der Waals surface area contributed by atoms with Crippen LogP contribution >= 0.6 is 0 Å². The number of amides is 1. The fraction of sp³-hybridized carbons (Fsp3) is 0.419. The van der Waals surface area contributed by atoms with Crippen LogP contribution in [-0.2, 0) is 21.7 Å². The van der Waals surface area contributed by atoms with Gasteiger partial charge in [0.2, 0.25) is 0 Å². The van der Waals surface area contributed by atoms with E-state index in [4.69, 9.17) is 9.47 Å². The van der Waals surface area contributed by atoms with Gasteiger partial charge in [0.05, 0.1) is 50.1 Å². The van der Waals surface area contributed by atoms with E-state index in [1.54, 1.807) is 28.8 Å². The number of aryl methyl sites for hydroxylation is 1. The minimum Gasteiger partial charge on any atom is -0.497 e. The maximum Gasteiger partial charge on any atom is 0.269 e. The average molecular weight is 764 g/mol. The van der Waals surface area contributed by atoms with E-state index >= 15 is 4.79 Å². The molecule has 2 aliphatic rings. The average Bonchev–Trinajstić information content (AvgIpc) is 3.83. The van der Waals surface area contributed by atoms with Gasteiger partial charge in [0, 0.05) is 42.9 Å². The van der Waals surface area contributed by atoms with Crippen molar-refractivity contribution >= 4 is 30.5 Å². The largest absolute Gasteiger partial charge is 0.497 e. The summed E-state index contributed by atoms with van der Waals surface area (Å²) >= 11 is 0. The minimum absolute atomic E-state index is 0.0595. The fourth-order valence-corrected chi connectivity index (χ4v) is 12.8. The van der Waals surface area contributed by atoms with Crippen LogP contribution < -0.4 is 14.8 Å². The minimum atomic E-state index is -2.45. The first-order valence-corrected chi connectivity index (χ1v) is 22.2. The van der Waals surface area contributed by atoms with Crippen molar-refractivity contribution < 1.29 is 24.3 Å². The number of carbonyl (C=O) groups is 1. The van der Waals surface area contributed by atoms with Gasteiger partial charge in [0.25, 0.3) is 11.6 Å². The first kappa shape index (κ1) is 39.8. The molecule has 1 N–H and O–H groups in total. The number of fused-ring (bicyclic) bond motifs is 2. The lowest BCUT2D eigenvalue weighted by atomic mass is 9.82. The van der Waals surface area contributed by atoms with Gasteiger partial charge in [-0.3, -0.25) is 19.6 Å². The number of allylic oxidation sites excluding steroid dienone is 3. The van der Waals surface area contributed by atoms with Crippen molar-refractivity contribution in [3.05, 3.63) is 129 Å². The predicted molar refractivity (Wildman–Crippen MR) is 217 cm³/mol. The Morgan fingerprint density at radius 1 is 1.09 bits per heavy atom. The molecule has 0 aliphatic carbocycles. The molecule has 1 amide bonds. The van der Waals surface area contributed by atoms with Crippen LogP contribution in [-0.4, -0.2) is 65.4 Å². The van der Waals surface area contributed by atoms with Crippen molar-refractivity contribution in [2.75, 3.05) is 25.2 Å². The third-order valence-electron chi connectivity index (χ3n) is 11.7. The summed E-state index contributed by atoms with van der Waals surface area (Å²) in [6.07, 6.45) is 8.10. The number of non-ortho nitro benzene ring substituents is 1. The molecular weight excluding hydrogens is 711 g/mol. The summed E-state index contributed by atoms with van der Waals surface area (Å²) in [5.74, 6) is -0.0459. The van der Waals surface area contributed by atoms with Crippen molar-refractivity contribution in [2.24, 2.45) is 5.92 Å². The van der Waals surface area contributed by atoms with Crippen LogP contribution in [0, 0.1) is 16.0 Å². The number of carbonyl (C=O) groups excluding carboxylic acids is 1. The Bertz CT molecular complexity index is 2060. The van der Waals surface area contributed by atoms with Crippen LogP contribution in [0.2, 0.25) is 18.6 Å². The summed E-state index contributed by atoms with van der Waals surface area (Å²) < 4.78 is 14.5. The van der Waals surface area contributed by atoms with E-state index in [0.29, 0.717) is 36.5 Å². The Morgan fingerprint density at radius 3 is 2.47 bits per heavy atom. The predicted octanol–water partition coefficient (Wildman–Crippen LogP) is 7.66. The molecule has 0 bridgehead atoms. The summed E-state index contributed by atoms with van der Waals surface area (Å²) in [6.45, 7) is 13.7. The second-order valence-electron chi connectivity index (χ2n) is 15.7. The van der Waals surface area contributed by atoms with Gasteiger partial charge in [-0.05, 0) is 69.3 Å². The molecule has 1 saturated heterocycles. The number of anilines is 1. The van der Waals surface area contributed by atoms with Gasteiger partial charge in [-0.15, -0.1) is 5.10 Å². The lowest BCUT2D eigenvalue weighted by molar-refractivity contribution is -0.385. The van der Waals surface area contributed by atoms with Crippen molar-refractivity contribution in [3.63, 3.8) is 0 Å². The summed E-state index contributed by atoms with van der Waals surface area (Å²) in [4.78, 5) is 28.6. The van der Waals surface area contributed by atoms with Crippen molar-refractivity contribution in [3.8, 4) is 5.75 Å². The Kier molecular flexibility index (Phi) is 11.9. The highest BCUT2D eigenvalue weighted by Gasteiger charge is 2.66. The number of aliphatic hydroxyl groups is 1. The van der Waals surface area contributed by atoms with Crippen LogP contribution in [0.3, 0.4) is 0 Å². The highest BCUT2D eigenvalue weighted by atomic mass is 28.3. The van der Waals surface area contributed by atoms with E-state index in [0.717, 1.165) is 24.2 Å². The molecule has 6 rings (SSSR count). The quantitative estimate of drug-likeness (QED) is 0.0565. The van der Waals surface area contributed by atoms with E-state index in [1.165, 1.54) is 22.4 Å². The molecule has 1 fully saturated rings. The molecule has 3 aromatic carbocycles. The molecule has 4 aromatic rings. The normalized spacial score (nSPS) is 21.5. The Morgan fingerprint density at radius 2 is 1.82 bits per heavy atom. The van der Waals surface area contributed by atoms with Crippen LogP contribution in [0.1, 0.15) is 69.7 Å². The third-order valence-corrected chi connectivity index (χ3v) is 16.0. The number of rotatable bonds is 15. The first-order chi connectivity index (χ1) is 26.3. The van der Waals surface area contributed by atoms with E-state index in [-0.39, 0.29) is 41.7 Å². The molecule has 1 spiro atoms. The monoisotopic (exact) mass is 763 g/mol. The summed E-state index contributed by atoms with van der Waals surface area (Å²) in [5, 5.41) is 32.5. The number of ether oxygens (including phenoxy) is 2. The van der Waals surface area contributed by atoms with Crippen LogP contribution in [0.5, 0.6) is 5.75 Å². The molecular formula is C43H53N5O6Si. The third kappa shape index (κ3) is 7.80. The number of nitrogens with zero attached hydrogens (tertiary/aromatic N) is 5. The SMILES string of the molecule is COc1ccc([Si](C)(C)[C@@H]2[C@@H](CCn3cc(C(CO)c4ccccc4)nn3)O[C@]3(C(=O)N(C/C=C(\C)CCC=C(C)C)c4ccc([N+](=O)[O-])cc43)[C@H]2C)cc1. The van der Waals surface area contributed by atoms with E-state index in [1.807, 2.05) is 48.7 Å². The molecule has 12 heteroatoms. The van der Waals surface area contributed by atoms with Gasteiger partial charge >= 0.3 is 0 Å². The topological polar surface area (TPSA) is 133 Å². The zero-order chi connectivity index (χ0) is 39.5. The Labute approximate surface area is 324 Å². The van der Waals surface area contributed by atoms with Crippen LogP contribution in [0.15, 0.2) is 102 Å². The summed E-state index contributed by atoms with van der Waals surface area (Å²) in [6, 6.07) is 22.7. The maximum absolute atomic E-state index is 15.1. The number of nitro benzene ring substituents is 1. The van der Waals surface area contributed by atoms with Crippen LogP contribution in [0.25, 0.3) is 0 Å². The number of benzene rings is 3. The van der Waals surface area contributed by atoms with Crippen molar-refractivity contribution in [1.29, 1.82) is 0 Å². The number of methoxy groups -OCH3 is 1. The first-order valence-electron chi connectivity index (χ1n) is 19.1. The van der Waals surface area contributed by atoms with Crippen LogP contribution in [0.4, 0.5) is 11.4 Å². The molecule has 290 valence electrons. The molecule has 1 unspecified atom stereocenters. The number of nitro groups is 1. The Hall–Kier alpha value is -4.91. The standard InChI is InChI=1S/C43H53N5O6Si/c1-29(2)12-11-13-30(3)22-25-47-39-21-16-33(48(51)52)26-37(39)43(42(47)50)31(4)41(55(6,7)35-19-17-34(53-5)18-20-35)40(54-43)23-24-46-27-38(44-45-46)36(28-49)32-14-9-8-10-15-32/h8-10,12,14-22,26-27,31,36,40-41,49H,11,13,23-25,28H2,1-7H3/b30-22+/t31-,36?,40+,41-,43+/m0/s1. The Balaban J connectivity index is 1.38. The van der Waals surface area contributed by atoms with Gasteiger partial charge in [-0.1, -0.05) is 96.2 Å². The molecule has 0 saturated carbocycles. The van der Waals surface area contributed by atoms with Gasteiger partial charge in [-0.25, -0.2) is 0 Å². The number of aliphatic hydroxyl groups excluding tert-OH is 1. The highest BCUT2D eigenvalue weighted by Crippen LogP contribution is 2.60. The zero-order valence-corrected chi connectivity index (χ0v) is 33.9. The number of hydrogen-bond donors (Lipinski definition) is 1. The zero-order valence-electron chi connectivity index (χ0n) is 32.9. The second-order valence-corrected chi connectivity index (χ2v) is 20.4. The van der Waals surface area contributed by atoms with Gasteiger partial charge < -0.3 is 19.5 Å². The molecule has 0 radical (unpaired) electrons. The molecule has 11 nitrogen and oxygen atoms in total. The van der Waals surface area contributed by atoms with E-state index in [9.17, 15) is 15.2 Å². The van der Waals surface area contributed by atoms with Gasteiger partial charge in [0.15, 0.2) is 5.60 Å². The van der Waals surface area contributed by atoms with Crippen molar-refractivity contribution in [2.45, 2.75) is 89.8 Å². The highest BCUT2D eigenvalue weighted by molar-refractivity contribution is 6.91. The second kappa shape index (κ2) is 16.4. The van der Waals surface area contributed by atoms with Crippen molar-refractivity contribution in [1.82, 2.24) is 15.0 Å². The molecule has 55 heavy (non-hydrogen) atoms. The fourth-order valence-electron chi connectivity index (χ4n) is 8.70. The number of hydrogen-bond acceptors (Lipinski definition) is 8. The smallest absolute Gasteiger partial charge is 0.269 e. The summed E-state index contributed by atoms with van der Waals surface area (Å²) in [7, 11) is -0.803. The maximum atomic E-state index is 15.1. The van der Waals surface area contributed by atoms with E-state index in [2.05, 4.69) is 75.4 Å². The van der Waals surface area contributed by atoms with Gasteiger partial charge in [-0.2, -0.15) is 0 Å². The molecule has 3 heterocycles. The van der Waals surface area contributed by atoms with Gasteiger partial charge in [0.1, 0.15) is 5.75 Å². The summed E-state index contributed by atoms with van der Waals surface area (Å²) in [5.41, 5.74) is 3.71. The van der Waals surface area contributed by atoms with E-state index < -0.39 is 18.6 Å². The molecule has 5 atom stereocenters.